The van der Waals surface area contributed by atoms with E-state index in [2.05, 4.69) is 5.32 Å². The highest BCUT2D eigenvalue weighted by atomic mass is 16.2. The standard InChI is InChI=1S/C14H19N3O2/c1-15-8-7-11-3-5-12(6-4-11)17-10-13(18)16(2)9-14(17)19/h3-6,15H,7-10H2,1-2H3. The second kappa shape index (κ2) is 5.84. The maximum Gasteiger partial charge on any atom is 0.247 e. The van der Waals surface area contributed by atoms with Gasteiger partial charge in [0, 0.05) is 12.7 Å². The fraction of sp³-hybridized carbons (Fsp3) is 0.429. The topological polar surface area (TPSA) is 52.7 Å². The normalized spacial score (nSPS) is 16.1. The average molecular weight is 261 g/mol. The molecular weight excluding hydrogens is 242 g/mol. The first-order valence-electron chi connectivity index (χ1n) is 6.39. The molecule has 5 nitrogen and oxygen atoms in total. The maximum absolute atomic E-state index is 11.9. The number of piperazine rings is 1. The van der Waals surface area contributed by atoms with E-state index in [9.17, 15) is 9.59 Å². The Morgan fingerprint density at radius 2 is 1.79 bits per heavy atom. The highest BCUT2D eigenvalue weighted by Crippen LogP contribution is 2.18. The summed E-state index contributed by atoms with van der Waals surface area (Å²) in [7, 11) is 3.57. The van der Waals surface area contributed by atoms with E-state index in [1.807, 2.05) is 31.3 Å². The molecule has 0 radical (unpaired) electrons. The van der Waals surface area contributed by atoms with Gasteiger partial charge in [-0.25, -0.2) is 0 Å². The minimum absolute atomic E-state index is 0.0288. The van der Waals surface area contributed by atoms with Gasteiger partial charge in [-0.2, -0.15) is 0 Å². The largest absolute Gasteiger partial charge is 0.335 e. The van der Waals surface area contributed by atoms with Crippen LogP contribution in [0.4, 0.5) is 5.69 Å². The van der Waals surface area contributed by atoms with Gasteiger partial charge in [-0.05, 0) is 37.7 Å². The summed E-state index contributed by atoms with van der Waals surface area (Å²) in [6.45, 7) is 1.21. The van der Waals surface area contributed by atoms with Gasteiger partial charge in [-0.1, -0.05) is 12.1 Å². The molecule has 1 aromatic rings. The van der Waals surface area contributed by atoms with E-state index in [1.54, 1.807) is 11.9 Å². The van der Waals surface area contributed by atoms with E-state index in [0.29, 0.717) is 0 Å². The molecule has 2 rings (SSSR count). The van der Waals surface area contributed by atoms with Gasteiger partial charge in [0.2, 0.25) is 11.8 Å². The van der Waals surface area contributed by atoms with Crippen molar-refractivity contribution < 1.29 is 9.59 Å². The number of carbonyl (C=O) groups excluding carboxylic acids is 2. The van der Waals surface area contributed by atoms with Crippen LogP contribution in [0.25, 0.3) is 0 Å². The molecule has 1 fully saturated rings. The molecule has 1 N–H and O–H groups in total. The van der Waals surface area contributed by atoms with Crippen molar-refractivity contribution in [2.45, 2.75) is 6.42 Å². The van der Waals surface area contributed by atoms with Crippen LogP contribution in [-0.2, 0) is 16.0 Å². The van der Waals surface area contributed by atoms with Crippen LogP contribution in [0.1, 0.15) is 5.56 Å². The van der Waals surface area contributed by atoms with Crippen molar-refractivity contribution >= 4 is 17.5 Å². The Morgan fingerprint density at radius 1 is 1.11 bits per heavy atom. The smallest absolute Gasteiger partial charge is 0.247 e. The summed E-state index contributed by atoms with van der Waals surface area (Å²) in [6.07, 6.45) is 0.951. The number of carbonyl (C=O) groups is 2. The quantitative estimate of drug-likeness (QED) is 0.845. The van der Waals surface area contributed by atoms with Gasteiger partial charge < -0.3 is 15.1 Å². The van der Waals surface area contributed by atoms with Crippen molar-refractivity contribution in [3.63, 3.8) is 0 Å². The summed E-state index contributed by atoms with van der Waals surface area (Å²) in [6, 6.07) is 7.81. The minimum atomic E-state index is -0.0370. The first kappa shape index (κ1) is 13.5. The molecule has 1 heterocycles. The Kier molecular flexibility index (Phi) is 4.16. The Hall–Kier alpha value is -1.88. The van der Waals surface area contributed by atoms with Crippen LogP contribution in [0, 0.1) is 0 Å². The Balaban J connectivity index is 2.09. The second-order valence-electron chi connectivity index (χ2n) is 4.75. The number of hydrogen-bond acceptors (Lipinski definition) is 3. The van der Waals surface area contributed by atoms with Gasteiger partial charge in [0.25, 0.3) is 0 Å². The third-order valence-corrected chi connectivity index (χ3v) is 3.30. The number of amides is 2. The van der Waals surface area contributed by atoms with Gasteiger partial charge in [-0.3, -0.25) is 9.59 Å². The summed E-state index contributed by atoms with van der Waals surface area (Å²) >= 11 is 0. The van der Waals surface area contributed by atoms with Gasteiger partial charge in [0.1, 0.15) is 6.54 Å². The fourth-order valence-electron chi connectivity index (χ4n) is 2.07. The maximum atomic E-state index is 11.9. The highest BCUT2D eigenvalue weighted by molar-refractivity contribution is 6.04. The van der Waals surface area contributed by atoms with Crippen molar-refractivity contribution in [3.05, 3.63) is 29.8 Å². The lowest BCUT2D eigenvalue weighted by molar-refractivity contribution is -0.136. The lowest BCUT2D eigenvalue weighted by Gasteiger charge is -2.31. The molecule has 0 aliphatic carbocycles. The molecule has 0 unspecified atom stereocenters. The summed E-state index contributed by atoms with van der Waals surface area (Å²) in [5, 5.41) is 3.10. The molecule has 0 saturated carbocycles. The monoisotopic (exact) mass is 261 g/mol. The predicted octanol–water partition coefficient (Wildman–Crippen LogP) is 0.253. The fourth-order valence-corrected chi connectivity index (χ4v) is 2.07. The average Bonchev–Trinajstić information content (AvgIpc) is 2.41. The van der Waals surface area contributed by atoms with Crippen LogP contribution < -0.4 is 10.2 Å². The highest BCUT2D eigenvalue weighted by Gasteiger charge is 2.28. The molecule has 5 heteroatoms. The molecule has 102 valence electrons. The number of anilines is 1. The van der Waals surface area contributed by atoms with Crippen LogP contribution in [0.2, 0.25) is 0 Å². The SMILES string of the molecule is CNCCc1ccc(N2CC(=O)N(C)CC2=O)cc1. The lowest BCUT2D eigenvalue weighted by atomic mass is 10.1. The van der Waals surface area contributed by atoms with Gasteiger partial charge in [-0.15, -0.1) is 0 Å². The zero-order chi connectivity index (χ0) is 13.8. The van der Waals surface area contributed by atoms with Gasteiger partial charge in [0.05, 0.1) is 6.54 Å². The number of rotatable bonds is 4. The number of likely N-dealkylation sites (N-methyl/N-ethyl adjacent to an activating group) is 2. The second-order valence-corrected chi connectivity index (χ2v) is 4.75. The van der Waals surface area contributed by atoms with Crippen LogP contribution >= 0.6 is 0 Å². The van der Waals surface area contributed by atoms with E-state index < -0.39 is 0 Å². The molecule has 0 bridgehead atoms. The van der Waals surface area contributed by atoms with Crippen LogP contribution in [-0.4, -0.2) is 50.4 Å². The summed E-state index contributed by atoms with van der Waals surface area (Å²) in [5.74, 6) is -0.0658. The first-order valence-corrected chi connectivity index (χ1v) is 6.39. The van der Waals surface area contributed by atoms with E-state index in [-0.39, 0.29) is 24.9 Å². The van der Waals surface area contributed by atoms with Gasteiger partial charge in [0.15, 0.2) is 0 Å². The van der Waals surface area contributed by atoms with E-state index in [0.717, 1.165) is 18.7 Å². The summed E-state index contributed by atoms with van der Waals surface area (Å²) < 4.78 is 0. The molecule has 1 aliphatic heterocycles. The summed E-state index contributed by atoms with van der Waals surface area (Å²) in [4.78, 5) is 26.6. The summed E-state index contributed by atoms with van der Waals surface area (Å²) in [5.41, 5.74) is 2.01. The molecular formula is C14H19N3O2. The van der Waals surface area contributed by atoms with Crippen molar-refractivity contribution in [2.75, 3.05) is 38.6 Å². The molecule has 1 saturated heterocycles. The molecule has 0 atom stereocenters. The molecule has 0 spiro atoms. The van der Waals surface area contributed by atoms with Crippen LogP contribution in [0.15, 0.2) is 24.3 Å². The van der Waals surface area contributed by atoms with E-state index in [4.69, 9.17) is 0 Å². The van der Waals surface area contributed by atoms with Crippen LogP contribution in [0.3, 0.4) is 0 Å². The predicted molar refractivity (Wildman–Crippen MR) is 74.1 cm³/mol. The third kappa shape index (κ3) is 3.12. The van der Waals surface area contributed by atoms with Crippen LogP contribution in [0.5, 0.6) is 0 Å². The Bertz CT molecular complexity index is 470. The number of hydrogen-bond donors (Lipinski definition) is 1. The minimum Gasteiger partial charge on any atom is -0.335 e. The Labute approximate surface area is 113 Å². The molecule has 1 aromatic carbocycles. The first-order chi connectivity index (χ1) is 9.11. The van der Waals surface area contributed by atoms with Crippen molar-refractivity contribution in [1.82, 2.24) is 10.2 Å². The Morgan fingerprint density at radius 3 is 2.42 bits per heavy atom. The molecule has 19 heavy (non-hydrogen) atoms. The zero-order valence-electron chi connectivity index (χ0n) is 11.3. The molecule has 2 amide bonds. The molecule has 1 aliphatic rings. The molecule has 0 aromatic heterocycles. The van der Waals surface area contributed by atoms with Crippen molar-refractivity contribution in [3.8, 4) is 0 Å². The van der Waals surface area contributed by atoms with E-state index >= 15 is 0 Å². The number of benzene rings is 1. The number of nitrogens with zero attached hydrogens (tertiary/aromatic N) is 2. The van der Waals surface area contributed by atoms with Crippen molar-refractivity contribution in [1.29, 1.82) is 0 Å². The van der Waals surface area contributed by atoms with Crippen molar-refractivity contribution in [2.24, 2.45) is 0 Å². The number of nitrogens with one attached hydrogen (secondary N) is 1. The van der Waals surface area contributed by atoms with Gasteiger partial charge >= 0.3 is 0 Å². The lowest BCUT2D eigenvalue weighted by Crippen LogP contribution is -2.52. The third-order valence-electron chi connectivity index (χ3n) is 3.30. The van der Waals surface area contributed by atoms with E-state index in [1.165, 1.54) is 10.5 Å². The zero-order valence-corrected chi connectivity index (χ0v) is 11.3.